The number of pyridine rings is 1. The smallest absolute Gasteiger partial charge is 0.169 e. The Morgan fingerprint density at radius 1 is 1.29 bits per heavy atom. The van der Waals surface area contributed by atoms with Gasteiger partial charge < -0.3 is 9.47 Å². The second kappa shape index (κ2) is 5.92. The first kappa shape index (κ1) is 14.2. The van der Waals surface area contributed by atoms with Crippen molar-refractivity contribution in [3.8, 4) is 0 Å². The number of aromatic nitrogens is 1. The molecule has 110 valence electrons. The van der Waals surface area contributed by atoms with E-state index in [1.165, 1.54) is 0 Å². The Kier molecular flexibility index (Phi) is 3.99. The van der Waals surface area contributed by atoms with Gasteiger partial charge in [-0.15, -0.1) is 0 Å². The first-order valence-electron chi connectivity index (χ1n) is 7.24. The van der Waals surface area contributed by atoms with E-state index in [4.69, 9.17) is 9.47 Å². The molecule has 0 aliphatic carbocycles. The van der Waals surface area contributed by atoms with Gasteiger partial charge >= 0.3 is 0 Å². The summed E-state index contributed by atoms with van der Waals surface area (Å²) in [5.41, 5.74) is 1.23. The lowest BCUT2D eigenvalue weighted by Crippen LogP contribution is -2.46. The summed E-state index contributed by atoms with van der Waals surface area (Å²) in [5, 5.41) is 1.03. The molecule has 1 aromatic carbocycles. The van der Waals surface area contributed by atoms with E-state index in [0.29, 0.717) is 32.5 Å². The topological polar surface area (TPSA) is 48.4 Å². The van der Waals surface area contributed by atoms with E-state index in [1.54, 1.807) is 13.3 Å². The first-order valence-corrected chi connectivity index (χ1v) is 7.24. The summed E-state index contributed by atoms with van der Waals surface area (Å²) in [6.07, 6.45) is 3.39. The van der Waals surface area contributed by atoms with Crippen LogP contribution in [0.3, 0.4) is 0 Å². The summed E-state index contributed by atoms with van der Waals surface area (Å²) in [6.45, 7) is 1.16. The molecule has 4 nitrogen and oxygen atoms in total. The van der Waals surface area contributed by atoms with Gasteiger partial charge in [0.05, 0.1) is 5.52 Å². The Morgan fingerprint density at radius 3 is 2.81 bits per heavy atom. The van der Waals surface area contributed by atoms with E-state index in [9.17, 15) is 4.79 Å². The number of nitrogens with zero attached hydrogens (tertiary/aromatic N) is 1. The van der Waals surface area contributed by atoms with Crippen LogP contribution in [0.25, 0.3) is 10.9 Å². The molecule has 0 bridgehead atoms. The van der Waals surface area contributed by atoms with Crippen LogP contribution in [0.4, 0.5) is 0 Å². The van der Waals surface area contributed by atoms with Gasteiger partial charge in [0, 0.05) is 51.2 Å². The van der Waals surface area contributed by atoms with Crippen LogP contribution in [0.1, 0.15) is 18.4 Å². The lowest BCUT2D eigenvalue weighted by molar-refractivity contribution is -0.151. The predicted molar refractivity (Wildman–Crippen MR) is 80.2 cm³/mol. The fourth-order valence-corrected chi connectivity index (χ4v) is 2.94. The normalized spacial score (nSPS) is 17.8. The quantitative estimate of drug-likeness (QED) is 0.866. The van der Waals surface area contributed by atoms with Gasteiger partial charge in [0.15, 0.2) is 5.78 Å². The largest absolute Gasteiger partial charge is 0.381 e. The zero-order valence-corrected chi connectivity index (χ0v) is 12.2. The monoisotopic (exact) mass is 285 g/mol. The summed E-state index contributed by atoms with van der Waals surface area (Å²) in [4.78, 5) is 17.1. The third-order valence-electron chi connectivity index (χ3n) is 4.29. The Hall–Kier alpha value is -1.78. The van der Waals surface area contributed by atoms with Crippen molar-refractivity contribution in [2.45, 2.75) is 24.9 Å². The maximum absolute atomic E-state index is 12.8. The van der Waals surface area contributed by atoms with Gasteiger partial charge in [0.25, 0.3) is 0 Å². The van der Waals surface area contributed by atoms with Crippen LogP contribution in [0.15, 0.2) is 36.5 Å². The van der Waals surface area contributed by atoms with E-state index >= 15 is 0 Å². The predicted octanol–water partition coefficient (Wildman–Crippen LogP) is 2.54. The van der Waals surface area contributed by atoms with Crippen LogP contribution < -0.4 is 0 Å². The highest BCUT2D eigenvalue weighted by atomic mass is 16.5. The third kappa shape index (κ3) is 2.69. The molecule has 2 heterocycles. The lowest BCUT2D eigenvalue weighted by Gasteiger charge is -2.34. The minimum absolute atomic E-state index is 0.129. The van der Waals surface area contributed by atoms with E-state index in [2.05, 4.69) is 4.98 Å². The zero-order valence-electron chi connectivity index (χ0n) is 12.2. The highest BCUT2D eigenvalue weighted by Gasteiger charge is 2.39. The molecule has 1 aromatic heterocycles. The number of carbonyl (C=O) groups excluding carboxylic acids is 1. The second-order valence-corrected chi connectivity index (χ2v) is 5.40. The van der Waals surface area contributed by atoms with E-state index in [-0.39, 0.29) is 5.78 Å². The van der Waals surface area contributed by atoms with Crippen molar-refractivity contribution in [2.75, 3.05) is 20.3 Å². The number of fused-ring (bicyclic) bond motifs is 1. The minimum Gasteiger partial charge on any atom is -0.381 e. The average Bonchev–Trinajstić information content (AvgIpc) is 2.56. The SMILES string of the molecule is COC1(C(=O)Cc2ccnc3ccccc23)CCOCC1. The molecule has 0 unspecified atom stereocenters. The van der Waals surface area contributed by atoms with Crippen molar-refractivity contribution in [3.05, 3.63) is 42.1 Å². The van der Waals surface area contributed by atoms with Gasteiger partial charge in [-0.25, -0.2) is 0 Å². The van der Waals surface area contributed by atoms with E-state index < -0.39 is 5.60 Å². The van der Waals surface area contributed by atoms with Crippen LogP contribution in [-0.2, 0) is 20.7 Å². The van der Waals surface area contributed by atoms with Crippen molar-refractivity contribution >= 4 is 16.7 Å². The second-order valence-electron chi connectivity index (χ2n) is 5.40. The van der Waals surface area contributed by atoms with Gasteiger partial charge in [0.1, 0.15) is 5.60 Å². The fourth-order valence-electron chi connectivity index (χ4n) is 2.94. The molecule has 0 radical (unpaired) electrons. The molecule has 1 aliphatic heterocycles. The Balaban J connectivity index is 1.89. The molecule has 0 amide bonds. The third-order valence-corrected chi connectivity index (χ3v) is 4.29. The molecular formula is C17H19NO3. The average molecular weight is 285 g/mol. The van der Waals surface area contributed by atoms with Crippen LogP contribution >= 0.6 is 0 Å². The van der Waals surface area contributed by atoms with Gasteiger partial charge in [-0.2, -0.15) is 0 Å². The molecule has 2 aromatic rings. The summed E-state index contributed by atoms with van der Waals surface area (Å²) >= 11 is 0. The summed E-state index contributed by atoms with van der Waals surface area (Å²) in [7, 11) is 1.62. The highest BCUT2D eigenvalue weighted by molar-refractivity contribution is 5.93. The maximum atomic E-state index is 12.8. The van der Waals surface area contributed by atoms with E-state index in [1.807, 2.05) is 30.3 Å². The standard InChI is InChI=1S/C17H19NO3/c1-20-17(7-10-21-11-8-17)16(19)12-13-6-9-18-15-5-3-2-4-14(13)15/h2-6,9H,7-8,10-12H2,1H3. The molecule has 1 fully saturated rings. The van der Waals surface area contributed by atoms with Gasteiger partial charge in [0.2, 0.25) is 0 Å². The molecular weight excluding hydrogens is 266 g/mol. The Bertz CT molecular complexity index is 642. The van der Waals surface area contributed by atoms with Crippen molar-refractivity contribution in [1.82, 2.24) is 4.98 Å². The Labute approximate surface area is 124 Å². The Morgan fingerprint density at radius 2 is 2.05 bits per heavy atom. The number of methoxy groups -OCH3 is 1. The number of hydrogen-bond donors (Lipinski definition) is 0. The lowest BCUT2D eigenvalue weighted by atomic mass is 9.85. The summed E-state index contributed by atoms with van der Waals surface area (Å²) in [6, 6.07) is 9.82. The molecule has 1 aliphatic rings. The first-order chi connectivity index (χ1) is 10.2. The fraction of sp³-hybridized carbons (Fsp3) is 0.412. The number of ketones is 1. The number of ether oxygens (including phenoxy) is 2. The molecule has 4 heteroatoms. The molecule has 1 saturated heterocycles. The minimum atomic E-state index is -0.692. The molecule has 3 rings (SSSR count). The van der Waals surface area contributed by atoms with Crippen LogP contribution in [-0.4, -0.2) is 36.7 Å². The van der Waals surface area contributed by atoms with Crippen molar-refractivity contribution in [1.29, 1.82) is 0 Å². The number of rotatable bonds is 4. The molecule has 0 saturated carbocycles. The number of hydrogen-bond acceptors (Lipinski definition) is 4. The number of Topliss-reactive ketones (excluding diaryl/α,β-unsaturated/α-hetero) is 1. The number of carbonyl (C=O) groups is 1. The number of benzene rings is 1. The molecule has 0 spiro atoms. The van der Waals surface area contributed by atoms with Crippen molar-refractivity contribution in [2.24, 2.45) is 0 Å². The van der Waals surface area contributed by atoms with Crippen LogP contribution in [0.5, 0.6) is 0 Å². The highest BCUT2D eigenvalue weighted by Crippen LogP contribution is 2.28. The summed E-state index contributed by atoms with van der Waals surface area (Å²) in [5.74, 6) is 0.129. The van der Waals surface area contributed by atoms with Gasteiger partial charge in [-0.3, -0.25) is 9.78 Å². The molecule has 21 heavy (non-hydrogen) atoms. The van der Waals surface area contributed by atoms with Crippen molar-refractivity contribution < 1.29 is 14.3 Å². The molecule has 0 N–H and O–H groups in total. The molecule has 0 atom stereocenters. The maximum Gasteiger partial charge on any atom is 0.169 e. The number of para-hydroxylation sites is 1. The van der Waals surface area contributed by atoms with Crippen LogP contribution in [0.2, 0.25) is 0 Å². The van der Waals surface area contributed by atoms with Crippen molar-refractivity contribution in [3.63, 3.8) is 0 Å². The van der Waals surface area contributed by atoms with Gasteiger partial charge in [-0.1, -0.05) is 18.2 Å². The van der Waals surface area contributed by atoms with Crippen LogP contribution in [0, 0.1) is 0 Å². The summed E-state index contributed by atoms with van der Waals surface area (Å²) < 4.78 is 10.9. The van der Waals surface area contributed by atoms with E-state index in [0.717, 1.165) is 16.5 Å². The zero-order chi connectivity index (χ0) is 14.7. The van der Waals surface area contributed by atoms with Gasteiger partial charge in [-0.05, 0) is 17.7 Å².